The van der Waals surface area contributed by atoms with Crippen molar-refractivity contribution >= 4 is 17.7 Å². The van der Waals surface area contributed by atoms with Crippen molar-refractivity contribution in [3.8, 4) is 0 Å². The van der Waals surface area contributed by atoms with E-state index in [9.17, 15) is 4.79 Å². The van der Waals surface area contributed by atoms with Crippen molar-refractivity contribution in [1.82, 2.24) is 25.5 Å². The Hall–Kier alpha value is -1.37. The molecule has 0 bridgehead atoms. The van der Waals surface area contributed by atoms with Crippen LogP contribution >= 0.6 is 11.8 Å². The van der Waals surface area contributed by atoms with Crippen LogP contribution in [0.1, 0.15) is 32.2 Å². The number of hydrogen-bond donors (Lipinski definition) is 1. The molecule has 98 valence electrons. The number of carbonyl (C=O) groups is 1. The molecule has 7 heteroatoms. The maximum Gasteiger partial charge on any atom is 0.230 e. The first-order chi connectivity index (χ1) is 8.81. The van der Waals surface area contributed by atoms with Crippen LogP contribution in [-0.2, 0) is 4.79 Å². The molecule has 1 aromatic rings. The van der Waals surface area contributed by atoms with Gasteiger partial charge < -0.3 is 5.32 Å². The zero-order valence-electron chi connectivity index (χ0n) is 10.4. The maximum atomic E-state index is 11.6. The Bertz CT molecular complexity index is 427. The lowest BCUT2D eigenvalue weighted by Crippen LogP contribution is -2.26. The van der Waals surface area contributed by atoms with Gasteiger partial charge in [-0.15, -0.1) is 5.10 Å². The van der Waals surface area contributed by atoms with Gasteiger partial charge in [-0.3, -0.25) is 4.79 Å². The quantitative estimate of drug-likeness (QED) is 0.456. The van der Waals surface area contributed by atoms with Crippen molar-refractivity contribution in [3.05, 3.63) is 12.2 Å². The predicted molar refractivity (Wildman–Crippen MR) is 69.3 cm³/mol. The van der Waals surface area contributed by atoms with E-state index in [1.54, 1.807) is 0 Å². The summed E-state index contributed by atoms with van der Waals surface area (Å²) in [5.41, 5.74) is 0. The molecule has 0 radical (unpaired) electrons. The predicted octanol–water partition coefficient (Wildman–Crippen LogP) is 1.18. The van der Waals surface area contributed by atoms with Crippen LogP contribution in [0.25, 0.3) is 0 Å². The molecule has 1 heterocycles. The lowest BCUT2D eigenvalue weighted by Gasteiger charge is -2.03. The molecular weight excluding hydrogens is 250 g/mol. The second kappa shape index (κ2) is 6.53. The van der Waals surface area contributed by atoms with Crippen LogP contribution in [0.3, 0.4) is 0 Å². The molecule has 1 amide bonds. The van der Waals surface area contributed by atoms with E-state index in [2.05, 4.69) is 20.8 Å². The van der Waals surface area contributed by atoms with Crippen molar-refractivity contribution in [2.75, 3.05) is 12.3 Å². The highest BCUT2D eigenvalue weighted by molar-refractivity contribution is 7.99. The highest BCUT2D eigenvalue weighted by Crippen LogP contribution is 2.36. The number of tetrazole rings is 1. The fraction of sp³-hybridized carbons (Fsp3) is 0.636. The average Bonchev–Trinajstić information content (AvgIpc) is 3.11. The van der Waals surface area contributed by atoms with E-state index in [1.807, 2.05) is 23.8 Å². The van der Waals surface area contributed by atoms with Crippen molar-refractivity contribution < 1.29 is 4.79 Å². The lowest BCUT2D eigenvalue weighted by atomic mass is 10.4. The number of rotatable bonds is 7. The molecule has 1 aliphatic rings. The molecule has 0 unspecified atom stereocenters. The number of carbonyl (C=O) groups excluding carboxylic acids is 1. The summed E-state index contributed by atoms with van der Waals surface area (Å²) in [7, 11) is 0. The van der Waals surface area contributed by atoms with Gasteiger partial charge in [0.1, 0.15) is 0 Å². The largest absolute Gasteiger partial charge is 0.355 e. The lowest BCUT2D eigenvalue weighted by molar-refractivity contribution is -0.118. The van der Waals surface area contributed by atoms with Gasteiger partial charge in [0.2, 0.25) is 11.1 Å². The van der Waals surface area contributed by atoms with Crippen molar-refractivity contribution in [2.24, 2.45) is 0 Å². The Labute approximate surface area is 110 Å². The number of hydrogen-bond acceptors (Lipinski definition) is 5. The highest BCUT2D eigenvalue weighted by Gasteiger charge is 2.28. The van der Waals surface area contributed by atoms with Crippen molar-refractivity contribution in [2.45, 2.75) is 37.4 Å². The smallest absolute Gasteiger partial charge is 0.230 e. The molecule has 0 saturated heterocycles. The minimum atomic E-state index is 0.0230. The maximum absolute atomic E-state index is 11.6. The normalized spacial score (nSPS) is 15.2. The Morgan fingerprint density at radius 3 is 3.17 bits per heavy atom. The van der Waals surface area contributed by atoms with Crippen LogP contribution < -0.4 is 5.32 Å². The van der Waals surface area contributed by atoms with Gasteiger partial charge in [-0.2, -0.15) is 0 Å². The molecule has 1 aromatic heterocycles. The third kappa shape index (κ3) is 3.83. The minimum absolute atomic E-state index is 0.0230. The van der Waals surface area contributed by atoms with Gasteiger partial charge in [0.15, 0.2) is 0 Å². The third-order valence-corrected chi connectivity index (χ3v) is 3.49. The molecule has 0 aliphatic heterocycles. The van der Waals surface area contributed by atoms with E-state index >= 15 is 0 Å². The summed E-state index contributed by atoms with van der Waals surface area (Å²) in [6.07, 6.45) is 7.14. The van der Waals surface area contributed by atoms with Crippen LogP contribution in [0.15, 0.2) is 17.3 Å². The van der Waals surface area contributed by atoms with E-state index in [1.165, 1.54) is 11.8 Å². The number of nitrogens with zero attached hydrogens (tertiary/aromatic N) is 4. The van der Waals surface area contributed by atoms with Gasteiger partial charge in [-0.1, -0.05) is 23.9 Å². The van der Waals surface area contributed by atoms with E-state index in [-0.39, 0.29) is 5.91 Å². The van der Waals surface area contributed by atoms with Gasteiger partial charge >= 0.3 is 0 Å². The Morgan fingerprint density at radius 2 is 2.44 bits per heavy atom. The number of allylic oxidation sites excluding steroid dienone is 1. The first kappa shape index (κ1) is 13.1. The number of thioether (sulfide) groups is 1. The third-order valence-electron chi connectivity index (χ3n) is 2.56. The van der Waals surface area contributed by atoms with Gasteiger partial charge in [-0.25, -0.2) is 4.68 Å². The summed E-state index contributed by atoms with van der Waals surface area (Å²) >= 11 is 1.39. The fourth-order valence-corrected chi connectivity index (χ4v) is 2.25. The molecule has 1 saturated carbocycles. The van der Waals surface area contributed by atoms with Gasteiger partial charge in [0.25, 0.3) is 0 Å². The van der Waals surface area contributed by atoms with Gasteiger partial charge in [-0.05, 0) is 36.6 Å². The molecule has 6 nitrogen and oxygen atoms in total. The minimum Gasteiger partial charge on any atom is -0.355 e. The van der Waals surface area contributed by atoms with Crippen molar-refractivity contribution in [3.63, 3.8) is 0 Å². The summed E-state index contributed by atoms with van der Waals surface area (Å²) < 4.78 is 1.82. The molecule has 0 atom stereocenters. The summed E-state index contributed by atoms with van der Waals surface area (Å²) in [6, 6.07) is 0.445. The summed E-state index contributed by atoms with van der Waals surface area (Å²) in [5.74, 6) is 0.387. The summed E-state index contributed by atoms with van der Waals surface area (Å²) in [4.78, 5) is 11.6. The number of amides is 1. The molecule has 1 fully saturated rings. The first-order valence-corrected chi connectivity index (χ1v) is 7.08. The zero-order valence-corrected chi connectivity index (χ0v) is 11.2. The summed E-state index contributed by atoms with van der Waals surface area (Å²) in [6.45, 7) is 2.65. The van der Waals surface area contributed by atoms with E-state index in [0.29, 0.717) is 18.3 Å². The molecule has 2 rings (SSSR count). The standard InChI is InChI=1S/C11H17N5OS/c1-2-3-4-7-12-10(17)8-18-11-13-14-15-16(11)9-5-6-9/h2-3,9H,4-8H2,1H3,(H,12,17)/b3-2+. The van der Waals surface area contributed by atoms with Gasteiger partial charge in [0, 0.05) is 6.54 Å². The van der Waals surface area contributed by atoms with E-state index in [4.69, 9.17) is 0 Å². The van der Waals surface area contributed by atoms with Crippen LogP contribution in [0.4, 0.5) is 0 Å². The molecule has 1 N–H and O–H groups in total. The van der Waals surface area contributed by atoms with Crippen LogP contribution in [0.2, 0.25) is 0 Å². The highest BCUT2D eigenvalue weighted by atomic mass is 32.2. The van der Waals surface area contributed by atoms with Crippen LogP contribution in [-0.4, -0.2) is 38.4 Å². The second-order valence-corrected chi connectivity index (χ2v) is 5.08. The first-order valence-electron chi connectivity index (χ1n) is 6.09. The zero-order chi connectivity index (χ0) is 12.8. The number of aromatic nitrogens is 4. The molecule has 1 aliphatic carbocycles. The Kier molecular flexibility index (Phi) is 4.74. The van der Waals surface area contributed by atoms with Crippen LogP contribution in [0.5, 0.6) is 0 Å². The Balaban J connectivity index is 1.70. The van der Waals surface area contributed by atoms with Gasteiger partial charge in [0.05, 0.1) is 11.8 Å². The number of nitrogens with one attached hydrogen (secondary N) is 1. The van der Waals surface area contributed by atoms with Crippen molar-refractivity contribution in [1.29, 1.82) is 0 Å². The molecular formula is C11H17N5OS. The monoisotopic (exact) mass is 267 g/mol. The Morgan fingerprint density at radius 1 is 1.61 bits per heavy atom. The SMILES string of the molecule is C/C=C/CCNC(=O)CSc1nnnn1C1CC1. The fourth-order valence-electron chi connectivity index (χ4n) is 1.47. The molecule has 0 aromatic carbocycles. The van der Waals surface area contributed by atoms with E-state index in [0.717, 1.165) is 24.4 Å². The topological polar surface area (TPSA) is 72.7 Å². The summed E-state index contributed by atoms with van der Waals surface area (Å²) in [5, 5.41) is 15.1. The molecule has 18 heavy (non-hydrogen) atoms. The second-order valence-electron chi connectivity index (χ2n) is 4.13. The van der Waals surface area contributed by atoms with E-state index < -0.39 is 0 Å². The van der Waals surface area contributed by atoms with Crippen LogP contribution in [0, 0.1) is 0 Å². The average molecular weight is 267 g/mol. The molecule has 0 spiro atoms.